The zero-order valence-electron chi connectivity index (χ0n) is 18.1. The minimum absolute atomic E-state index is 0.0754. The average molecular weight is 419 g/mol. The van der Waals surface area contributed by atoms with Crippen LogP contribution in [0.3, 0.4) is 0 Å². The first-order valence-electron chi connectivity index (χ1n) is 11.0. The summed E-state index contributed by atoms with van der Waals surface area (Å²) >= 11 is 1.40. The molecule has 5 rings (SSSR count). The summed E-state index contributed by atoms with van der Waals surface area (Å²) < 4.78 is 2.17. The Morgan fingerprint density at radius 3 is 2.28 bits per heavy atom. The highest BCUT2D eigenvalue weighted by atomic mass is 32.2. The Hall–Kier alpha value is -1.50. The van der Waals surface area contributed by atoms with Gasteiger partial charge in [-0.3, -0.25) is 10.1 Å². The van der Waals surface area contributed by atoms with E-state index in [0.29, 0.717) is 5.92 Å². The first-order chi connectivity index (χ1) is 13.7. The maximum absolute atomic E-state index is 12.5. The normalized spacial score (nSPS) is 30.0. The topological polar surface area (TPSA) is 76.0 Å². The van der Waals surface area contributed by atoms with E-state index in [1.165, 1.54) is 31.0 Å². The van der Waals surface area contributed by atoms with Gasteiger partial charge in [0.15, 0.2) is 5.16 Å². The van der Waals surface area contributed by atoms with Crippen molar-refractivity contribution in [3.8, 4) is 0 Å². The first kappa shape index (κ1) is 20.8. The Morgan fingerprint density at radius 2 is 1.72 bits per heavy atom. The quantitative estimate of drug-likeness (QED) is 0.684. The van der Waals surface area contributed by atoms with Gasteiger partial charge in [0.2, 0.25) is 5.91 Å². The maximum Gasteiger partial charge on any atom is 0.321 e. The molecule has 0 aromatic carbocycles. The number of carbonyl (C=O) groups excluding carboxylic acids is 2. The minimum atomic E-state index is -0.324. The van der Waals surface area contributed by atoms with Crippen LogP contribution < -0.4 is 10.6 Å². The molecule has 4 aliphatic rings. The predicted octanol–water partition coefficient (Wildman–Crippen LogP) is 4.04. The SMILES string of the molecule is Cc1nc(SCC(=O)NC(=O)NC23CC4CC(CC(C4)C2)C3)n(CC(C)C)c1C. The highest BCUT2D eigenvalue weighted by molar-refractivity contribution is 7.99. The van der Waals surface area contributed by atoms with Gasteiger partial charge in [-0.25, -0.2) is 9.78 Å². The predicted molar refractivity (Wildman–Crippen MR) is 115 cm³/mol. The molecule has 0 aliphatic heterocycles. The van der Waals surface area contributed by atoms with E-state index in [1.54, 1.807) is 0 Å². The van der Waals surface area contributed by atoms with E-state index < -0.39 is 0 Å². The molecule has 1 aromatic heterocycles. The fourth-order valence-corrected chi connectivity index (χ4v) is 7.04. The minimum Gasteiger partial charge on any atom is -0.332 e. The van der Waals surface area contributed by atoms with Crippen LogP contribution in [0.25, 0.3) is 0 Å². The number of thioether (sulfide) groups is 1. The van der Waals surface area contributed by atoms with Gasteiger partial charge in [0, 0.05) is 17.8 Å². The Balaban J connectivity index is 1.30. The van der Waals surface area contributed by atoms with E-state index >= 15 is 0 Å². The zero-order chi connectivity index (χ0) is 20.8. The van der Waals surface area contributed by atoms with Crippen LogP contribution in [0.1, 0.15) is 63.8 Å². The van der Waals surface area contributed by atoms with Crippen LogP contribution in [0.4, 0.5) is 4.79 Å². The van der Waals surface area contributed by atoms with E-state index in [4.69, 9.17) is 0 Å². The smallest absolute Gasteiger partial charge is 0.321 e. The lowest BCUT2D eigenvalue weighted by Crippen LogP contribution is -2.61. The molecule has 0 radical (unpaired) electrons. The van der Waals surface area contributed by atoms with E-state index in [0.717, 1.165) is 60.1 Å². The van der Waals surface area contributed by atoms with E-state index in [2.05, 4.69) is 41.0 Å². The Morgan fingerprint density at radius 1 is 1.14 bits per heavy atom. The average Bonchev–Trinajstić information content (AvgIpc) is 2.85. The van der Waals surface area contributed by atoms with Gasteiger partial charge < -0.3 is 9.88 Å². The number of aromatic nitrogens is 2. The van der Waals surface area contributed by atoms with E-state index in [-0.39, 0.29) is 23.2 Å². The highest BCUT2D eigenvalue weighted by Crippen LogP contribution is 2.55. The molecule has 29 heavy (non-hydrogen) atoms. The number of nitrogens with zero attached hydrogens (tertiary/aromatic N) is 2. The second-order valence-corrected chi connectivity index (χ2v) is 11.0. The van der Waals surface area contributed by atoms with Crippen molar-refractivity contribution >= 4 is 23.7 Å². The number of nitrogens with one attached hydrogen (secondary N) is 2. The Bertz CT molecular complexity index is 766. The van der Waals surface area contributed by atoms with Crippen molar-refractivity contribution in [1.82, 2.24) is 20.2 Å². The van der Waals surface area contributed by atoms with Crippen LogP contribution in [0.5, 0.6) is 0 Å². The lowest BCUT2D eigenvalue weighted by molar-refractivity contribution is -0.117. The van der Waals surface area contributed by atoms with Gasteiger partial charge in [-0.2, -0.15) is 0 Å². The lowest BCUT2D eigenvalue weighted by Gasteiger charge is -2.56. The Kier molecular flexibility index (Phi) is 5.70. The number of imidazole rings is 1. The van der Waals surface area contributed by atoms with Gasteiger partial charge in [0.1, 0.15) is 0 Å². The molecule has 6 nitrogen and oxygen atoms in total. The molecular weight excluding hydrogens is 384 g/mol. The first-order valence-corrected chi connectivity index (χ1v) is 12.0. The molecule has 2 N–H and O–H groups in total. The highest BCUT2D eigenvalue weighted by Gasteiger charge is 2.51. The lowest BCUT2D eigenvalue weighted by atomic mass is 9.53. The van der Waals surface area contributed by atoms with Gasteiger partial charge in [-0.05, 0) is 76.0 Å². The molecule has 0 spiro atoms. The van der Waals surface area contributed by atoms with Crippen LogP contribution >= 0.6 is 11.8 Å². The third-order valence-corrected chi connectivity index (χ3v) is 7.95. The summed E-state index contributed by atoms with van der Waals surface area (Å²) in [6.07, 6.45) is 7.25. The van der Waals surface area contributed by atoms with Gasteiger partial charge in [-0.1, -0.05) is 25.6 Å². The molecular formula is C22H34N4O2S. The maximum atomic E-state index is 12.5. The molecule has 7 heteroatoms. The van der Waals surface area contributed by atoms with E-state index in [1.807, 2.05) is 6.92 Å². The number of urea groups is 1. The Labute approximate surface area is 178 Å². The fraction of sp³-hybridized carbons (Fsp3) is 0.773. The fourth-order valence-electron chi connectivity index (χ4n) is 6.14. The summed E-state index contributed by atoms with van der Waals surface area (Å²) in [6, 6.07) is -0.324. The second kappa shape index (κ2) is 7.97. The summed E-state index contributed by atoms with van der Waals surface area (Å²) in [5.41, 5.74) is 2.06. The summed E-state index contributed by atoms with van der Waals surface area (Å²) in [7, 11) is 0. The number of aryl methyl sites for hydroxylation is 1. The van der Waals surface area contributed by atoms with Gasteiger partial charge in [-0.15, -0.1) is 0 Å². The zero-order valence-corrected chi connectivity index (χ0v) is 18.9. The van der Waals surface area contributed by atoms with Crippen molar-refractivity contribution < 1.29 is 9.59 Å². The number of carbonyl (C=O) groups is 2. The molecule has 160 valence electrons. The van der Waals surface area contributed by atoms with Crippen LogP contribution in [0, 0.1) is 37.5 Å². The van der Waals surface area contributed by atoms with Crippen molar-refractivity contribution in [2.24, 2.45) is 23.7 Å². The van der Waals surface area contributed by atoms with E-state index in [9.17, 15) is 9.59 Å². The number of rotatable bonds is 6. The number of amides is 3. The third kappa shape index (κ3) is 4.49. The van der Waals surface area contributed by atoms with Crippen molar-refractivity contribution in [3.05, 3.63) is 11.4 Å². The van der Waals surface area contributed by atoms with Crippen LogP contribution in [-0.2, 0) is 11.3 Å². The molecule has 1 aromatic rings. The van der Waals surface area contributed by atoms with Crippen molar-refractivity contribution in [2.45, 2.75) is 83.5 Å². The van der Waals surface area contributed by atoms with Crippen molar-refractivity contribution in [3.63, 3.8) is 0 Å². The molecule has 0 saturated heterocycles. The molecule has 4 saturated carbocycles. The summed E-state index contributed by atoms with van der Waals surface area (Å²) in [5, 5.41) is 6.62. The molecule has 3 amide bonds. The summed E-state index contributed by atoms with van der Waals surface area (Å²) in [4.78, 5) is 29.6. The second-order valence-electron chi connectivity index (χ2n) is 10.1. The number of imide groups is 1. The monoisotopic (exact) mass is 418 g/mol. The molecule has 4 fully saturated rings. The largest absolute Gasteiger partial charge is 0.332 e. The summed E-state index contributed by atoms with van der Waals surface area (Å²) in [6.45, 7) is 9.28. The molecule has 0 atom stereocenters. The number of hydrogen-bond donors (Lipinski definition) is 2. The van der Waals surface area contributed by atoms with Crippen molar-refractivity contribution in [2.75, 3.05) is 5.75 Å². The van der Waals surface area contributed by atoms with Crippen LogP contribution in [-0.4, -0.2) is 32.8 Å². The van der Waals surface area contributed by atoms with Crippen LogP contribution in [0.15, 0.2) is 5.16 Å². The standard InChI is InChI=1S/C22H34N4O2S/c1-13(2)11-26-15(4)14(3)23-21(26)29-12-19(27)24-20(28)25-22-8-16-5-17(9-22)7-18(6-16)10-22/h13,16-18H,5-12H2,1-4H3,(H2,24,25,27,28). The molecule has 1 heterocycles. The van der Waals surface area contributed by atoms with Crippen LogP contribution in [0.2, 0.25) is 0 Å². The van der Waals surface area contributed by atoms with Gasteiger partial charge >= 0.3 is 6.03 Å². The molecule has 4 bridgehead atoms. The van der Waals surface area contributed by atoms with Gasteiger partial charge in [0.25, 0.3) is 0 Å². The van der Waals surface area contributed by atoms with Crippen molar-refractivity contribution in [1.29, 1.82) is 0 Å². The molecule has 0 unspecified atom stereocenters. The van der Waals surface area contributed by atoms with Gasteiger partial charge in [0.05, 0.1) is 11.4 Å². The molecule has 4 aliphatic carbocycles. The summed E-state index contributed by atoms with van der Waals surface area (Å²) in [5.74, 6) is 2.73. The third-order valence-electron chi connectivity index (χ3n) is 6.97. The number of hydrogen-bond acceptors (Lipinski definition) is 4.